The van der Waals surface area contributed by atoms with E-state index in [4.69, 9.17) is 11.6 Å². The average Bonchev–Trinajstić information content (AvgIpc) is 2.41. The summed E-state index contributed by atoms with van der Waals surface area (Å²) in [6.45, 7) is 1.36. The molecule has 0 bridgehead atoms. The van der Waals surface area contributed by atoms with Crippen molar-refractivity contribution in [1.29, 1.82) is 0 Å². The number of nitrogens with zero attached hydrogens (tertiary/aromatic N) is 1. The normalized spacial score (nSPS) is 10.6. The van der Waals surface area contributed by atoms with Crippen molar-refractivity contribution in [2.24, 2.45) is 0 Å². The molecule has 2 aromatic rings. The second-order valence-corrected chi connectivity index (χ2v) is 5.27. The minimum Gasteiger partial charge on any atom is -0.370 e. The molecule has 2 aromatic carbocycles. The Morgan fingerprint density at radius 2 is 1.80 bits per heavy atom. The van der Waals surface area contributed by atoms with Gasteiger partial charge in [0.15, 0.2) is 0 Å². The molecule has 0 aliphatic heterocycles. The van der Waals surface area contributed by atoms with Crippen LogP contribution in [0.2, 0.25) is 5.02 Å². The monoisotopic (exact) mass is 292 g/mol. The Kier molecular flexibility index (Phi) is 4.99. The number of halogens is 2. The van der Waals surface area contributed by atoms with Crippen LogP contribution in [-0.2, 0) is 13.1 Å². The van der Waals surface area contributed by atoms with Crippen molar-refractivity contribution in [1.82, 2.24) is 5.32 Å². The van der Waals surface area contributed by atoms with Crippen LogP contribution in [0.25, 0.3) is 0 Å². The summed E-state index contributed by atoms with van der Waals surface area (Å²) in [6, 6.07) is 12.8. The molecule has 0 heterocycles. The summed E-state index contributed by atoms with van der Waals surface area (Å²) in [4.78, 5) is 2.02. The van der Waals surface area contributed by atoms with Crippen LogP contribution in [0.15, 0.2) is 42.5 Å². The number of rotatable bonds is 5. The molecule has 0 aliphatic rings. The van der Waals surface area contributed by atoms with E-state index in [1.165, 1.54) is 0 Å². The van der Waals surface area contributed by atoms with Gasteiger partial charge in [-0.2, -0.15) is 0 Å². The summed E-state index contributed by atoms with van der Waals surface area (Å²) in [5, 5.41) is 3.75. The van der Waals surface area contributed by atoms with Crippen LogP contribution >= 0.6 is 11.6 Å². The lowest BCUT2D eigenvalue weighted by molar-refractivity contribution is 0.623. The van der Waals surface area contributed by atoms with Gasteiger partial charge in [-0.1, -0.05) is 23.7 Å². The van der Waals surface area contributed by atoms with Gasteiger partial charge in [0.1, 0.15) is 5.82 Å². The van der Waals surface area contributed by atoms with E-state index in [1.54, 1.807) is 12.1 Å². The first-order valence-electron chi connectivity index (χ1n) is 6.48. The fraction of sp³-hybridized carbons (Fsp3) is 0.250. The quantitative estimate of drug-likeness (QED) is 0.901. The standard InChI is InChI=1S/C16H18ClFN2/c1-19-10-13-7-15(18)9-16(8-13)20(2)11-12-3-5-14(17)6-4-12/h3-9,19H,10-11H2,1-2H3. The predicted octanol–water partition coefficient (Wildman–Crippen LogP) is 3.83. The number of benzene rings is 2. The van der Waals surface area contributed by atoms with Crippen LogP contribution in [0.5, 0.6) is 0 Å². The topological polar surface area (TPSA) is 15.3 Å². The van der Waals surface area contributed by atoms with Gasteiger partial charge in [-0.3, -0.25) is 0 Å². The Morgan fingerprint density at radius 3 is 2.45 bits per heavy atom. The highest BCUT2D eigenvalue weighted by atomic mass is 35.5. The van der Waals surface area contributed by atoms with Gasteiger partial charge in [-0.05, 0) is 48.5 Å². The molecule has 0 radical (unpaired) electrons. The predicted molar refractivity (Wildman–Crippen MR) is 82.7 cm³/mol. The number of hydrogen-bond acceptors (Lipinski definition) is 2. The van der Waals surface area contributed by atoms with Crippen LogP contribution in [0.4, 0.5) is 10.1 Å². The van der Waals surface area contributed by atoms with Crippen molar-refractivity contribution in [3.63, 3.8) is 0 Å². The van der Waals surface area contributed by atoms with Crippen LogP contribution in [0.3, 0.4) is 0 Å². The average molecular weight is 293 g/mol. The molecule has 0 aliphatic carbocycles. The molecule has 106 valence electrons. The molecule has 1 N–H and O–H groups in total. The zero-order valence-electron chi connectivity index (χ0n) is 11.7. The number of anilines is 1. The van der Waals surface area contributed by atoms with Gasteiger partial charge in [0.25, 0.3) is 0 Å². The highest BCUT2D eigenvalue weighted by molar-refractivity contribution is 6.30. The SMILES string of the molecule is CNCc1cc(F)cc(N(C)Cc2ccc(Cl)cc2)c1. The molecule has 0 saturated carbocycles. The summed E-state index contributed by atoms with van der Waals surface area (Å²) in [6.07, 6.45) is 0. The zero-order chi connectivity index (χ0) is 14.5. The molecule has 0 aromatic heterocycles. The molecular formula is C16H18ClFN2. The summed E-state index contributed by atoms with van der Waals surface area (Å²) in [5.74, 6) is -0.212. The van der Waals surface area contributed by atoms with Gasteiger partial charge in [0.05, 0.1) is 0 Å². The van der Waals surface area contributed by atoms with Gasteiger partial charge < -0.3 is 10.2 Å². The maximum atomic E-state index is 13.6. The van der Waals surface area contributed by atoms with Crippen molar-refractivity contribution in [2.75, 3.05) is 19.0 Å². The lowest BCUT2D eigenvalue weighted by atomic mass is 10.1. The van der Waals surface area contributed by atoms with E-state index in [0.717, 1.165) is 21.8 Å². The van der Waals surface area contributed by atoms with Gasteiger partial charge in [-0.25, -0.2) is 4.39 Å². The molecule has 2 nitrogen and oxygen atoms in total. The smallest absolute Gasteiger partial charge is 0.125 e. The van der Waals surface area contributed by atoms with E-state index in [-0.39, 0.29) is 5.82 Å². The van der Waals surface area contributed by atoms with Crippen LogP contribution in [0.1, 0.15) is 11.1 Å². The molecule has 0 unspecified atom stereocenters. The number of hydrogen-bond donors (Lipinski definition) is 1. The minimum absolute atomic E-state index is 0.212. The van der Waals surface area contributed by atoms with Gasteiger partial charge in [0, 0.05) is 30.8 Å². The first-order valence-corrected chi connectivity index (χ1v) is 6.86. The zero-order valence-corrected chi connectivity index (χ0v) is 12.4. The maximum Gasteiger partial charge on any atom is 0.125 e. The van der Waals surface area contributed by atoms with E-state index in [1.807, 2.05) is 49.3 Å². The summed E-state index contributed by atoms with van der Waals surface area (Å²) >= 11 is 5.87. The lowest BCUT2D eigenvalue weighted by Crippen LogP contribution is -2.17. The van der Waals surface area contributed by atoms with E-state index in [9.17, 15) is 4.39 Å². The highest BCUT2D eigenvalue weighted by Gasteiger charge is 2.06. The van der Waals surface area contributed by atoms with Crippen molar-refractivity contribution in [2.45, 2.75) is 13.1 Å². The van der Waals surface area contributed by atoms with Crippen molar-refractivity contribution < 1.29 is 4.39 Å². The summed E-state index contributed by atoms with van der Waals surface area (Å²) in [5.41, 5.74) is 2.94. The molecule has 2 rings (SSSR count). The molecule has 4 heteroatoms. The van der Waals surface area contributed by atoms with Crippen molar-refractivity contribution in [3.8, 4) is 0 Å². The summed E-state index contributed by atoms with van der Waals surface area (Å²) < 4.78 is 13.6. The largest absolute Gasteiger partial charge is 0.370 e. The first-order chi connectivity index (χ1) is 9.58. The minimum atomic E-state index is -0.212. The summed E-state index contributed by atoms with van der Waals surface area (Å²) in [7, 11) is 3.80. The van der Waals surface area contributed by atoms with Crippen LogP contribution in [-0.4, -0.2) is 14.1 Å². The maximum absolute atomic E-state index is 13.6. The van der Waals surface area contributed by atoms with Gasteiger partial charge >= 0.3 is 0 Å². The highest BCUT2D eigenvalue weighted by Crippen LogP contribution is 2.20. The Hall–Kier alpha value is -1.58. The van der Waals surface area contributed by atoms with Crippen LogP contribution in [0, 0.1) is 5.82 Å². The Morgan fingerprint density at radius 1 is 1.10 bits per heavy atom. The Labute approximate surface area is 124 Å². The fourth-order valence-electron chi connectivity index (χ4n) is 2.11. The molecule has 0 spiro atoms. The Bertz CT molecular complexity index is 569. The number of nitrogens with one attached hydrogen (secondary N) is 1. The van der Waals surface area contributed by atoms with E-state index in [0.29, 0.717) is 13.1 Å². The molecule has 20 heavy (non-hydrogen) atoms. The second kappa shape index (κ2) is 6.73. The third-order valence-electron chi connectivity index (χ3n) is 3.10. The van der Waals surface area contributed by atoms with E-state index >= 15 is 0 Å². The van der Waals surface area contributed by atoms with Gasteiger partial charge in [0.2, 0.25) is 0 Å². The molecular weight excluding hydrogens is 275 g/mol. The third kappa shape index (κ3) is 3.95. The first kappa shape index (κ1) is 14.8. The van der Waals surface area contributed by atoms with E-state index in [2.05, 4.69) is 5.32 Å². The van der Waals surface area contributed by atoms with Crippen LogP contribution < -0.4 is 10.2 Å². The fourth-order valence-corrected chi connectivity index (χ4v) is 2.24. The Balaban J connectivity index is 2.15. The molecule has 0 saturated heterocycles. The second-order valence-electron chi connectivity index (χ2n) is 4.83. The lowest BCUT2D eigenvalue weighted by Gasteiger charge is -2.20. The van der Waals surface area contributed by atoms with Gasteiger partial charge in [-0.15, -0.1) is 0 Å². The third-order valence-corrected chi connectivity index (χ3v) is 3.35. The van der Waals surface area contributed by atoms with E-state index < -0.39 is 0 Å². The van der Waals surface area contributed by atoms with Crippen molar-refractivity contribution in [3.05, 3.63) is 64.4 Å². The van der Waals surface area contributed by atoms with Crippen molar-refractivity contribution >= 4 is 17.3 Å². The molecule has 0 amide bonds. The molecule has 0 fully saturated rings. The molecule has 0 atom stereocenters.